The highest BCUT2D eigenvalue weighted by molar-refractivity contribution is 5.98. The average molecular weight is 282 g/mol. The highest BCUT2D eigenvalue weighted by atomic mass is 19.1. The third-order valence-electron chi connectivity index (χ3n) is 3.37. The summed E-state index contributed by atoms with van der Waals surface area (Å²) in [4.78, 5) is 23.5. The predicted octanol–water partition coefficient (Wildman–Crippen LogP) is 0.771. The van der Waals surface area contributed by atoms with Gasteiger partial charge in [0.25, 0.3) is 5.91 Å². The maximum atomic E-state index is 13.3. The van der Waals surface area contributed by atoms with Gasteiger partial charge in [0, 0.05) is 31.6 Å². The molecule has 0 bridgehead atoms. The van der Waals surface area contributed by atoms with Crippen molar-refractivity contribution in [3.63, 3.8) is 0 Å². The number of nitrogen functional groups attached to an aromatic ring is 1. The van der Waals surface area contributed by atoms with Crippen molar-refractivity contribution in [1.82, 2.24) is 5.32 Å². The van der Waals surface area contributed by atoms with Crippen LogP contribution in [0.4, 0.5) is 10.1 Å². The first-order valence-corrected chi connectivity index (χ1v) is 6.13. The summed E-state index contributed by atoms with van der Waals surface area (Å²) in [6.45, 7) is 0.505. The smallest absolute Gasteiger partial charge is 0.329 e. The second kappa shape index (κ2) is 5.46. The van der Waals surface area contributed by atoms with Crippen LogP contribution in [0.15, 0.2) is 18.2 Å². The van der Waals surface area contributed by atoms with E-state index in [1.807, 2.05) is 0 Å². The van der Waals surface area contributed by atoms with Gasteiger partial charge in [-0.3, -0.25) is 4.79 Å². The standard InChI is InChI=1S/C13H15FN2O4/c14-9-7-8(1-2-10(9)15)11(17)16-13(12(18)19)3-5-20-6-4-13/h1-2,7H,3-6,15H2,(H,16,17)(H,18,19). The molecular weight excluding hydrogens is 267 g/mol. The Balaban J connectivity index is 2.20. The molecule has 0 aromatic heterocycles. The topological polar surface area (TPSA) is 102 Å². The third-order valence-corrected chi connectivity index (χ3v) is 3.37. The number of hydrogen-bond donors (Lipinski definition) is 3. The van der Waals surface area contributed by atoms with E-state index in [1.54, 1.807) is 0 Å². The highest BCUT2D eigenvalue weighted by Crippen LogP contribution is 2.22. The zero-order valence-corrected chi connectivity index (χ0v) is 10.7. The Labute approximate surface area is 114 Å². The second-order valence-electron chi connectivity index (χ2n) is 4.69. The van der Waals surface area contributed by atoms with Gasteiger partial charge in [-0.1, -0.05) is 0 Å². The van der Waals surface area contributed by atoms with Crippen LogP contribution < -0.4 is 11.1 Å². The van der Waals surface area contributed by atoms with Crippen LogP contribution in [-0.4, -0.2) is 35.7 Å². The molecule has 1 aromatic rings. The Morgan fingerprint density at radius 1 is 1.35 bits per heavy atom. The molecule has 108 valence electrons. The number of nitrogens with one attached hydrogen (secondary N) is 1. The molecule has 4 N–H and O–H groups in total. The number of amides is 1. The van der Waals surface area contributed by atoms with E-state index in [0.717, 1.165) is 6.07 Å². The van der Waals surface area contributed by atoms with Crippen LogP contribution >= 0.6 is 0 Å². The number of halogens is 1. The number of carboxylic acid groups (broad SMARTS) is 1. The monoisotopic (exact) mass is 282 g/mol. The van der Waals surface area contributed by atoms with E-state index in [1.165, 1.54) is 12.1 Å². The fourth-order valence-corrected chi connectivity index (χ4v) is 2.07. The van der Waals surface area contributed by atoms with Crippen LogP contribution in [0.5, 0.6) is 0 Å². The largest absolute Gasteiger partial charge is 0.480 e. The molecule has 2 rings (SSSR count). The Hall–Kier alpha value is -2.15. The van der Waals surface area contributed by atoms with Gasteiger partial charge in [0.1, 0.15) is 11.4 Å². The van der Waals surface area contributed by atoms with Crippen molar-refractivity contribution in [1.29, 1.82) is 0 Å². The summed E-state index contributed by atoms with van der Waals surface area (Å²) in [5, 5.41) is 11.8. The molecule has 1 fully saturated rings. The van der Waals surface area contributed by atoms with Crippen molar-refractivity contribution in [2.75, 3.05) is 18.9 Å². The summed E-state index contributed by atoms with van der Waals surface area (Å²) >= 11 is 0. The molecule has 0 spiro atoms. The summed E-state index contributed by atoms with van der Waals surface area (Å²) in [6.07, 6.45) is 0.344. The van der Waals surface area contributed by atoms with Crippen molar-refractivity contribution in [3.05, 3.63) is 29.6 Å². The lowest BCUT2D eigenvalue weighted by Gasteiger charge is -2.33. The number of benzene rings is 1. The third kappa shape index (κ3) is 2.72. The lowest BCUT2D eigenvalue weighted by atomic mass is 9.89. The molecule has 0 unspecified atom stereocenters. The maximum absolute atomic E-state index is 13.3. The molecule has 1 saturated heterocycles. The predicted molar refractivity (Wildman–Crippen MR) is 68.7 cm³/mol. The fraction of sp³-hybridized carbons (Fsp3) is 0.385. The number of anilines is 1. The first kappa shape index (κ1) is 14.3. The van der Waals surface area contributed by atoms with Crippen LogP contribution in [-0.2, 0) is 9.53 Å². The van der Waals surface area contributed by atoms with Crippen LogP contribution in [0, 0.1) is 5.82 Å². The van der Waals surface area contributed by atoms with E-state index < -0.39 is 23.2 Å². The molecular formula is C13H15FN2O4. The van der Waals surface area contributed by atoms with Gasteiger partial charge in [0.05, 0.1) is 5.69 Å². The first-order valence-electron chi connectivity index (χ1n) is 6.13. The number of carbonyl (C=O) groups excluding carboxylic acids is 1. The van der Waals surface area contributed by atoms with Gasteiger partial charge >= 0.3 is 5.97 Å². The van der Waals surface area contributed by atoms with Gasteiger partial charge < -0.3 is 20.9 Å². The minimum atomic E-state index is -1.37. The van der Waals surface area contributed by atoms with E-state index in [4.69, 9.17) is 10.5 Å². The fourth-order valence-electron chi connectivity index (χ4n) is 2.07. The summed E-state index contributed by atoms with van der Waals surface area (Å²) in [7, 11) is 0. The molecule has 20 heavy (non-hydrogen) atoms. The number of carbonyl (C=O) groups is 2. The van der Waals surface area contributed by atoms with Crippen LogP contribution in [0.3, 0.4) is 0 Å². The molecule has 0 atom stereocenters. The lowest BCUT2D eigenvalue weighted by molar-refractivity contribution is -0.148. The Morgan fingerprint density at radius 2 is 2.00 bits per heavy atom. The van der Waals surface area contributed by atoms with E-state index in [-0.39, 0.29) is 37.3 Å². The molecule has 0 saturated carbocycles. The average Bonchev–Trinajstić information content (AvgIpc) is 2.42. The quantitative estimate of drug-likeness (QED) is 0.711. The van der Waals surface area contributed by atoms with Gasteiger partial charge in [-0.2, -0.15) is 0 Å². The molecule has 1 heterocycles. The Kier molecular flexibility index (Phi) is 3.89. The molecule has 7 heteroatoms. The van der Waals surface area contributed by atoms with Crippen molar-refractivity contribution in [3.8, 4) is 0 Å². The molecule has 6 nitrogen and oxygen atoms in total. The molecule has 1 amide bonds. The minimum Gasteiger partial charge on any atom is -0.480 e. The number of carboxylic acids is 1. The summed E-state index contributed by atoms with van der Waals surface area (Å²) < 4.78 is 18.4. The van der Waals surface area contributed by atoms with E-state index in [0.29, 0.717) is 0 Å². The Bertz CT molecular complexity index is 541. The zero-order valence-electron chi connectivity index (χ0n) is 10.7. The van der Waals surface area contributed by atoms with Crippen molar-refractivity contribution < 1.29 is 23.8 Å². The van der Waals surface area contributed by atoms with Crippen molar-refractivity contribution in [2.24, 2.45) is 0 Å². The number of nitrogens with two attached hydrogens (primary N) is 1. The molecule has 0 radical (unpaired) electrons. The molecule has 1 aliphatic heterocycles. The van der Waals surface area contributed by atoms with E-state index in [2.05, 4.69) is 5.32 Å². The van der Waals surface area contributed by atoms with Crippen LogP contribution in [0.25, 0.3) is 0 Å². The molecule has 1 aliphatic rings. The van der Waals surface area contributed by atoms with Gasteiger partial charge in [-0.15, -0.1) is 0 Å². The number of ether oxygens (including phenoxy) is 1. The van der Waals surface area contributed by atoms with Gasteiger partial charge in [-0.25, -0.2) is 9.18 Å². The number of rotatable bonds is 3. The zero-order chi connectivity index (χ0) is 14.8. The summed E-state index contributed by atoms with van der Waals surface area (Å²) in [6, 6.07) is 3.60. The summed E-state index contributed by atoms with van der Waals surface area (Å²) in [5.41, 5.74) is 3.92. The first-order chi connectivity index (χ1) is 9.44. The second-order valence-corrected chi connectivity index (χ2v) is 4.69. The Morgan fingerprint density at radius 3 is 2.55 bits per heavy atom. The van der Waals surface area contributed by atoms with Gasteiger partial charge in [0.2, 0.25) is 0 Å². The van der Waals surface area contributed by atoms with Gasteiger partial charge in [0.15, 0.2) is 0 Å². The SMILES string of the molecule is Nc1ccc(C(=O)NC2(C(=O)O)CCOCC2)cc1F. The molecule has 0 aliphatic carbocycles. The van der Waals surface area contributed by atoms with Crippen molar-refractivity contribution in [2.45, 2.75) is 18.4 Å². The minimum absolute atomic E-state index is 0.0313. The normalized spacial score (nSPS) is 17.4. The summed E-state index contributed by atoms with van der Waals surface area (Å²) in [5.74, 6) is -2.48. The van der Waals surface area contributed by atoms with Gasteiger partial charge in [-0.05, 0) is 18.2 Å². The van der Waals surface area contributed by atoms with Crippen LogP contribution in [0.1, 0.15) is 23.2 Å². The van der Waals surface area contributed by atoms with Crippen molar-refractivity contribution >= 4 is 17.6 Å². The van der Waals surface area contributed by atoms with Crippen LogP contribution in [0.2, 0.25) is 0 Å². The lowest BCUT2D eigenvalue weighted by Crippen LogP contribution is -2.57. The number of aliphatic carboxylic acids is 1. The molecule has 1 aromatic carbocycles. The number of hydrogen-bond acceptors (Lipinski definition) is 4. The van der Waals surface area contributed by atoms with E-state index >= 15 is 0 Å². The van der Waals surface area contributed by atoms with E-state index in [9.17, 15) is 19.1 Å². The maximum Gasteiger partial charge on any atom is 0.329 e. The highest BCUT2D eigenvalue weighted by Gasteiger charge is 2.41.